The van der Waals surface area contributed by atoms with E-state index in [9.17, 15) is 9.90 Å². The van der Waals surface area contributed by atoms with Crippen molar-refractivity contribution in [3.63, 3.8) is 0 Å². The van der Waals surface area contributed by atoms with Gasteiger partial charge < -0.3 is 10.4 Å². The second kappa shape index (κ2) is 10.8. The molecule has 2 fully saturated rings. The summed E-state index contributed by atoms with van der Waals surface area (Å²) < 4.78 is 2.72. The maximum Gasteiger partial charge on any atom is 0.244 e. The van der Waals surface area contributed by atoms with Crippen LogP contribution in [0.1, 0.15) is 78.8 Å². The highest BCUT2D eigenvalue weighted by Crippen LogP contribution is 2.62. The van der Waals surface area contributed by atoms with Crippen molar-refractivity contribution in [3.05, 3.63) is 52.3 Å². The maximum absolute atomic E-state index is 12.6. The lowest BCUT2D eigenvalue weighted by Gasteiger charge is -2.60. The molecule has 1 aromatic carbocycles. The number of nitrogens with zero attached hydrogens (tertiary/aromatic N) is 3. The minimum Gasteiger partial charge on any atom is -0.393 e. The molecule has 36 heavy (non-hydrogen) atoms. The third kappa shape index (κ3) is 5.62. The molecule has 1 heterocycles. The lowest BCUT2D eigenvalue weighted by molar-refractivity contribution is -0.149. The smallest absolute Gasteiger partial charge is 0.244 e. The number of benzene rings is 1. The minimum atomic E-state index is -0.202. The summed E-state index contributed by atoms with van der Waals surface area (Å²) in [6.07, 6.45) is 9.82. The second-order valence-corrected chi connectivity index (χ2v) is 12.9. The monoisotopic (exact) mass is 556 g/mol. The van der Waals surface area contributed by atoms with Crippen molar-refractivity contribution in [2.45, 2.75) is 85.8 Å². The van der Waals surface area contributed by atoms with E-state index in [2.05, 4.69) is 66.2 Å². The highest BCUT2D eigenvalue weighted by molar-refractivity contribution is 9.10. The molecule has 2 aliphatic carbocycles. The number of fused-ring (bicyclic) bond motifs is 1. The highest BCUT2D eigenvalue weighted by atomic mass is 79.9. The van der Waals surface area contributed by atoms with Gasteiger partial charge >= 0.3 is 0 Å². The number of allylic oxidation sites excluding steroid dienone is 1. The predicted octanol–water partition coefficient (Wildman–Crippen LogP) is 6.22. The van der Waals surface area contributed by atoms with Crippen LogP contribution in [0.2, 0.25) is 0 Å². The number of aromatic nitrogens is 3. The Balaban J connectivity index is 1.32. The van der Waals surface area contributed by atoms with Gasteiger partial charge in [0.25, 0.3) is 0 Å². The molecule has 2 saturated carbocycles. The molecule has 0 bridgehead atoms. The summed E-state index contributed by atoms with van der Waals surface area (Å²) in [5.74, 6) is 1.75. The molecule has 1 unspecified atom stereocenters. The van der Waals surface area contributed by atoms with Crippen molar-refractivity contribution in [1.29, 1.82) is 0 Å². The van der Waals surface area contributed by atoms with E-state index in [1.165, 1.54) is 12.8 Å². The fraction of sp³-hybridized carbons (Fsp3) is 0.621. The fourth-order valence-corrected chi connectivity index (χ4v) is 7.39. The Labute approximate surface area is 224 Å². The SMILES string of the molecule is C/C(=C\C(=O)NCc1cn(-c2ccc(Br)cc2)nn1)CC[C@@H]1C(C)CC[C@@H]2C(C)(C)[C@H](O)CC[C@@]12C. The number of amides is 1. The van der Waals surface area contributed by atoms with Crippen LogP contribution in [0.4, 0.5) is 0 Å². The van der Waals surface area contributed by atoms with Crippen LogP contribution in [-0.4, -0.2) is 32.1 Å². The first kappa shape index (κ1) is 27.1. The Bertz CT molecular complexity index is 1090. The van der Waals surface area contributed by atoms with E-state index < -0.39 is 0 Å². The van der Waals surface area contributed by atoms with Crippen molar-refractivity contribution in [2.75, 3.05) is 0 Å². The van der Waals surface area contributed by atoms with Crippen molar-refractivity contribution < 1.29 is 9.90 Å². The van der Waals surface area contributed by atoms with Gasteiger partial charge in [-0.2, -0.15) is 0 Å². The fourth-order valence-electron chi connectivity index (χ4n) is 7.12. The molecule has 5 atom stereocenters. The summed E-state index contributed by atoms with van der Waals surface area (Å²) in [5.41, 5.74) is 2.97. The van der Waals surface area contributed by atoms with Crippen LogP contribution in [0.25, 0.3) is 5.69 Å². The number of halogens is 1. The van der Waals surface area contributed by atoms with Gasteiger partial charge in [0.1, 0.15) is 5.69 Å². The molecule has 1 aromatic heterocycles. The van der Waals surface area contributed by atoms with E-state index in [-0.39, 0.29) is 22.8 Å². The van der Waals surface area contributed by atoms with Gasteiger partial charge in [0.05, 0.1) is 24.5 Å². The number of aliphatic hydroxyl groups is 1. The lowest BCUT2D eigenvalue weighted by atomic mass is 9.45. The van der Waals surface area contributed by atoms with E-state index in [1.54, 1.807) is 10.8 Å². The summed E-state index contributed by atoms with van der Waals surface area (Å²) in [7, 11) is 0. The van der Waals surface area contributed by atoms with E-state index in [1.807, 2.05) is 30.5 Å². The van der Waals surface area contributed by atoms with Crippen molar-refractivity contribution in [2.24, 2.45) is 28.6 Å². The van der Waals surface area contributed by atoms with Crippen molar-refractivity contribution in [3.8, 4) is 5.69 Å². The Morgan fingerprint density at radius 2 is 1.94 bits per heavy atom. The molecular weight excluding hydrogens is 516 g/mol. The average molecular weight is 558 g/mol. The van der Waals surface area contributed by atoms with Crippen LogP contribution < -0.4 is 5.32 Å². The molecule has 1 amide bonds. The number of carbonyl (C=O) groups is 1. The van der Waals surface area contributed by atoms with Crippen LogP contribution in [0.3, 0.4) is 0 Å². The number of nitrogens with one attached hydrogen (secondary N) is 1. The second-order valence-electron chi connectivity index (χ2n) is 12.0. The first-order valence-electron chi connectivity index (χ1n) is 13.3. The third-order valence-electron chi connectivity index (χ3n) is 9.26. The normalized spacial score (nSPS) is 30.0. The average Bonchev–Trinajstić information content (AvgIpc) is 3.29. The predicted molar refractivity (Wildman–Crippen MR) is 146 cm³/mol. The molecule has 0 radical (unpaired) electrons. The van der Waals surface area contributed by atoms with E-state index in [0.717, 1.165) is 47.1 Å². The summed E-state index contributed by atoms with van der Waals surface area (Å²) in [5, 5.41) is 22.0. The molecule has 6 nitrogen and oxygen atoms in total. The van der Waals surface area contributed by atoms with Crippen LogP contribution in [0.5, 0.6) is 0 Å². The molecule has 196 valence electrons. The molecule has 2 aliphatic rings. The number of hydrogen-bond acceptors (Lipinski definition) is 4. The zero-order valence-corrected chi connectivity index (χ0v) is 23.9. The topological polar surface area (TPSA) is 80.0 Å². The Morgan fingerprint density at radius 3 is 2.67 bits per heavy atom. The molecule has 0 aliphatic heterocycles. The summed E-state index contributed by atoms with van der Waals surface area (Å²) in [4.78, 5) is 12.6. The Morgan fingerprint density at radius 1 is 1.22 bits per heavy atom. The van der Waals surface area contributed by atoms with Crippen LogP contribution >= 0.6 is 15.9 Å². The largest absolute Gasteiger partial charge is 0.393 e. The van der Waals surface area contributed by atoms with Crippen molar-refractivity contribution >= 4 is 21.8 Å². The van der Waals surface area contributed by atoms with Gasteiger partial charge in [-0.1, -0.05) is 60.8 Å². The first-order chi connectivity index (χ1) is 17.0. The molecule has 4 rings (SSSR count). The lowest BCUT2D eigenvalue weighted by Crippen LogP contribution is -2.55. The van der Waals surface area contributed by atoms with Gasteiger partial charge in [-0.05, 0) is 91.9 Å². The van der Waals surface area contributed by atoms with E-state index in [4.69, 9.17) is 0 Å². The molecule has 0 saturated heterocycles. The van der Waals surface area contributed by atoms with Crippen LogP contribution in [0, 0.1) is 28.6 Å². The van der Waals surface area contributed by atoms with Crippen LogP contribution in [-0.2, 0) is 11.3 Å². The van der Waals surface area contributed by atoms with Gasteiger partial charge in [0.2, 0.25) is 5.91 Å². The summed E-state index contributed by atoms with van der Waals surface area (Å²) >= 11 is 3.44. The Hall–Kier alpha value is -1.99. The number of hydrogen-bond donors (Lipinski definition) is 2. The number of rotatable bonds is 7. The quantitative estimate of drug-likeness (QED) is 0.396. The molecular formula is C29H41BrN4O2. The molecule has 2 N–H and O–H groups in total. The summed E-state index contributed by atoms with van der Waals surface area (Å²) in [6, 6.07) is 7.83. The van der Waals surface area contributed by atoms with Gasteiger partial charge in [-0.15, -0.1) is 5.10 Å². The first-order valence-corrected chi connectivity index (χ1v) is 14.1. The zero-order valence-electron chi connectivity index (χ0n) is 22.3. The van der Waals surface area contributed by atoms with Gasteiger partial charge in [0, 0.05) is 10.5 Å². The molecule has 7 heteroatoms. The number of aliphatic hydroxyl groups excluding tert-OH is 1. The van der Waals surface area contributed by atoms with Gasteiger partial charge in [0.15, 0.2) is 0 Å². The van der Waals surface area contributed by atoms with Gasteiger partial charge in [-0.3, -0.25) is 4.79 Å². The maximum atomic E-state index is 12.6. The van der Waals surface area contributed by atoms with Gasteiger partial charge in [-0.25, -0.2) is 4.68 Å². The van der Waals surface area contributed by atoms with Crippen molar-refractivity contribution in [1.82, 2.24) is 20.3 Å². The molecule has 2 aromatic rings. The Kier molecular flexibility index (Phi) is 8.10. The highest BCUT2D eigenvalue weighted by Gasteiger charge is 2.56. The summed E-state index contributed by atoms with van der Waals surface area (Å²) in [6.45, 7) is 11.8. The van der Waals surface area contributed by atoms with Crippen LogP contribution in [0.15, 0.2) is 46.6 Å². The van der Waals surface area contributed by atoms with E-state index in [0.29, 0.717) is 24.3 Å². The standard InChI is InChI=1S/C29H41BrN4O2/c1-19(6-12-24-20(2)7-13-25-28(3,4)26(35)14-15-29(24,25)5)16-27(36)31-17-22-18-34(33-32-22)23-10-8-21(30)9-11-23/h8-11,16,18,20,24-26,35H,6-7,12-15,17H2,1-5H3,(H,31,36)/b19-16+/t20?,24-,25-,26-,29+/m1/s1. The van der Waals surface area contributed by atoms with E-state index >= 15 is 0 Å². The molecule has 0 spiro atoms. The number of carbonyl (C=O) groups excluding carboxylic acids is 1. The third-order valence-corrected chi connectivity index (χ3v) is 9.79. The minimum absolute atomic E-state index is 0.0324. The zero-order chi connectivity index (χ0) is 26.1.